The number of hydrogen-bond donors (Lipinski definition) is 0. The highest BCUT2D eigenvalue weighted by atomic mass is 32.1. The maximum absolute atomic E-state index is 4.13. The van der Waals surface area contributed by atoms with E-state index in [4.69, 9.17) is 0 Å². The van der Waals surface area contributed by atoms with Gasteiger partial charge in [0.1, 0.15) is 0 Å². The van der Waals surface area contributed by atoms with Crippen molar-refractivity contribution in [3.05, 3.63) is 39.0 Å². The van der Waals surface area contributed by atoms with Gasteiger partial charge in [0.25, 0.3) is 0 Å². The molecule has 0 aromatic carbocycles. The Morgan fingerprint density at radius 3 is 2.06 bits per heavy atom. The van der Waals surface area contributed by atoms with Crippen LogP contribution in [-0.2, 0) is 0 Å². The van der Waals surface area contributed by atoms with Crippen LogP contribution in [0.5, 0.6) is 0 Å². The lowest BCUT2D eigenvalue weighted by molar-refractivity contribution is 0.852. The van der Waals surface area contributed by atoms with Gasteiger partial charge in [0.05, 0.1) is 5.01 Å². The van der Waals surface area contributed by atoms with E-state index in [0.717, 1.165) is 0 Å². The molecule has 1 nitrogen and oxygen atoms in total. The SMILES string of the molecule is CC(C)c1ccsc1.CC(C)c1nccs1. The molecule has 88 valence electrons. The average Bonchev–Trinajstić information content (AvgIpc) is 2.93. The first kappa shape index (κ1) is 13.4. The summed E-state index contributed by atoms with van der Waals surface area (Å²) in [6.45, 7) is 8.72. The monoisotopic (exact) mass is 253 g/mol. The molecule has 0 aliphatic rings. The fraction of sp³-hybridized carbons (Fsp3) is 0.462. The Balaban J connectivity index is 0.000000160. The summed E-state index contributed by atoms with van der Waals surface area (Å²) in [5.41, 5.74) is 1.45. The van der Waals surface area contributed by atoms with Crippen molar-refractivity contribution in [2.45, 2.75) is 39.5 Å². The lowest BCUT2D eigenvalue weighted by Crippen LogP contribution is -1.81. The van der Waals surface area contributed by atoms with Crippen LogP contribution in [-0.4, -0.2) is 4.98 Å². The molecule has 0 saturated heterocycles. The molecule has 2 aromatic heterocycles. The van der Waals surface area contributed by atoms with Gasteiger partial charge in [-0.3, -0.25) is 0 Å². The van der Waals surface area contributed by atoms with Crippen molar-refractivity contribution in [2.75, 3.05) is 0 Å². The minimum atomic E-state index is 0.593. The number of thiophene rings is 1. The quantitative estimate of drug-likeness (QED) is 0.722. The van der Waals surface area contributed by atoms with Crippen LogP contribution in [0, 0.1) is 0 Å². The Morgan fingerprint density at radius 1 is 1.06 bits per heavy atom. The third kappa shape index (κ3) is 4.45. The van der Waals surface area contributed by atoms with Crippen molar-refractivity contribution >= 4 is 22.7 Å². The van der Waals surface area contributed by atoms with Crippen molar-refractivity contribution in [3.8, 4) is 0 Å². The summed E-state index contributed by atoms with van der Waals surface area (Å²) in [6.07, 6.45) is 1.85. The summed E-state index contributed by atoms with van der Waals surface area (Å²) < 4.78 is 0. The van der Waals surface area contributed by atoms with Gasteiger partial charge in [-0.25, -0.2) is 4.98 Å². The number of hydrogen-bond acceptors (Lipinski definition) is 3. The first-order valence-corrected chi connectivity index (χ1v) is 7.35. The van der Waals surface area contributed by atoms with Gasteiger partial charge in [0.2, 0.25) is 0 Å². The van der Waals surface area contributed by atoms with E-state index in [-0.39, 0.29) is 0 Å². The van der Waals surface area contributed by atoms with Crippen molar-refractivity contribution < 1.29 is 0 Å². The second-order valence-corrected chi connectivity index (χ2v) is 5.94. The zero-order chi connectivity index (χ0) is 12.0. The molecule has 2 rings (SSSR count). The van der Waals surface area contributed by atoms with Gasteiger partial charge in [-0.1, -0.05) is 27.7 Å². The molecular formula is C13H19NS2. The molecule has 0 atom stereocenters. The molecule has 0 bridgehead atoms. The normalized spacial score (nSPS) is 10.4. The van der Waals surface area contributed by atoms with Crippen LogP contribution in [0.25, 0.3) is 0 Å². The Bertz CT molecular complexity index is 322. The molecule has 0 aliphatic heterocycles. The molecule has 0 N–H and O–H groups in total. The van der Waals surface area contributed by atoms with Crippen molar-refractivity contribution in [1.82, 2.24) is 4.98 Å². The molecule has 0 aliphatic carbocycles. The molecule has 3 heteroatoms. The molecule has 0 amide bonds. The highest BCUT2D eigenvalue weighted by Gasteiger charge is 1.98. The number of nitrogens with zero attached hydrogens (tertiary/aromatic N) is 1. The molecule has 2 aromatic rings. The highest BCUT2D eigenvalue weighted by molar-refractivity contribution is 7.09. The van der Waals surface area contributed by atoms with E-state index in [1.807, 2.05) is 11.6 Å². The molecule has 0 saturated carbocycles. The standard InChI is InChI=1S/C7H10S.C6H9NS/c1-6(2)7-3-4-8-5-7;1-5(2)6-7-3-4-8-6/h3-6H,1-2H3;3-5H,1-2H3. The van der Waals surface area contributed by atoms with E-state index in [1.165, 1.54) is 10.6 Å². The molecule has 0 radical (unpaired) electrons. The van der Waals surface area contributed by atoms with E-state index in [1.54, 1.807) is 22.7 Å². The van der Waals surface area contributed by atoms with Crippen LogP contribution >= 0.6 is 22.7 Å². The van der Waals surface area contributed by atoms with E-state index in [9.17, 15) is 0 Å². The van der Waals surface area contributed by atoms with Crippen molar-refractivity contribution in [1.29, 1.82) is 0 Å². The maximum Gasteiger partial charge on any atom is 0.0950 e. The number of thiazole rings is 1. The third-order valence-electron chi connectivity index (χ3n) is 2.16. The van der Waals surface area contributed by atoms with E-state index < -0.39 is 0 Å². The predicted octanol–water partition coefficient (Wildman–Crippen LogP) is 5.14. The van der Waals surface area contributed by atoms with Gasteiger partial charge in [-0.05, 0) is 28.3 Å². The molecule has 0 spiro atoms. The largest absolute Gasteiger partial charge is 0.249 e. The van der Waals surface area contributed by atoms with Gasteiger partial charge in [-0.2, -0.15) is 11.3 Å². The van der Waals surface area contributed by atoms with E-state index in [0.29, 0.717) is 11.8 Å². The average molecular weight is 253 g/mol. The third-order valence-corrected chi connectivity index (χ3v) is 3.93. The van der Waals surface area contributed by atoms with Crippen molar-refractivity contribution in [2.24, 2.45) is 0 Å². The van der Waals surface area contributed by atoms with Crippen LogP contribution in [0.3, 0.4) is 0 Å². The Labute approximate surface area is 106 Å². The van der Waals surface area contributed by atoms with Crippen LogP contribution < -0.4 is 0 Å². The van der Waals surface area contributed by atoms with Crippen LogP contribution in [0.1, 0.15) is 50.1 Å². The smallest absolute Gasteiger partial charge is 0.0950 e. The predicted molar refractivity (Wildman–Crippen MR) is 74.6 cm³/mol. The van der Waals surface area contributed by atoms with E-state index in [2.05, 4.69) is 49.5 Å². The van der Waals surface area contributed by atoms with Gasteiger partial charge in [0, 0.05) is 17.5 Å². The molecule has 0 fully saturated rings. The first-order valence-electron chi connectivity index (χ1n) is 5.52. The fourth-order valence-electron chi connectivity index (χ4n) is 1.12. The van der Waals surface area contributed by atoms with E-state index >= 15 is 0 Å². The van der Waals surface area contributed by atoms with Crippen LogP contribution in [0.2, 0.25) is 0 Å². The maximum atomic E-state index is 4.13. The molecule has 16 heavy (non-hydrogen) atoms. The summed E-state index contributed by atoms with van der Waals surface area (Å²) in [5, 5.41) is 7.56. The number of rotatable bonds is 2. The molecular weight excluding hydrogens is 234 g/mol. The lowest BCUT2D eigenvalue weighted by atomic mass is 10.1. The summed E-state index contributed by atoms with van der Waals surface area (Å²) in [6, 6.07) is 2.18. The van der Waals surface area contributed by atoms with Gasteiger partial charge in [0.15, 0.2) is 0 Å². The van der Waals surface area contributed by atoms with Crippen LogP contribution in [0.15, 0.2) is 28.4 Å². The Hall–Kier alpha value is -0.670. The summed E-state index contributed by atoms with van der Waals surface area (Å²) in [5.74, 6) is 1.29. The minimum absolute atomic E-state index is 0.593. The zero-order valence-corrected chi connectivity index (χ0v) is 11.9. The Morgan fingerprint density at radius 2 is 1.81 bits per heavy atom. The Kier molecular flexibility index (Phi) is 5.71. The molecule has 0 unspecified atom stereocenters. The second kappa shape index (κ2) is 6.81. The highest BCUT2D eigenvalue weighted by Crippen LogP contribution is 2.16. The topological polar surface area (TPSA) is 12.9 Å². The summed E-state index contributed by atoms with van der Waals surface area (Å²) in [7, 11) is 0. The molecule has 2 heterocycles. The van der Waals surface area contributed by atoms with Gasteiger partial charge >= 0.3 is 0 Å². The fourth-order valence-corrected chi connectivity index (χ4v) is 2.60. The van der Waals surface area contributed by atoms with Gasteiger partial charge in [-0.15, -0.1) is 11.3 Å². The summed E-state index contributed by atoms with van der Waals surface area (Å²) in [4.78, 5) is 4.13. The second-order valence-electron chi connectivity index (χ2n) is 4.24. The minimum Gasteiger partial charge on any atom is -0.249 e. The van der Waals surface area contributed by atoms with Crippen molar-refractivity contribution in [3.63, 3.8) is 0 Å². The van der Waals surface area contributed by atoms with Gasteiger partial charge < -0.3 is 0 Å². The number of aromatic nitrogens is 1. The lowest BCUT2D eigenvalue weighted by Gasteiger charge is -1.96. The first-order chi connectivity index (χ1) is 7.61. The zero-order valence-electron chi connectivity index (χ0n) is 10.3. The van der Waals surface area contributed by atoms with Crippen LogP contribution in [0.4, 0.5) is 0 Å². The summed E-state index contributed by atoms with van der Waals surface area (Å²) >= 11 is 3.49.